The summed E-state index contributed by atoms with van der Waals surface area (Å²) in [5.74, 6) is 1.39. The first-order valence-corrected chi connectivity index (χ1v) is 9.42. The summed E-state index contributed by atoms with van der Waals surface area (Å²) >= 11 is 0. The van der Waals surface area contributed by atoms with Crippen molar-refractivity contribution in [1.82, 2.24) is 5.32 Å². The molecule has 4 heteroatoms. The highest BCUT2D eigenvalue weighted by Gasteiger charge is 2.15. The number of hydrogen-bond acceptors (Lipinski definition) is 3. The fraction of sp³-hybridized carbons (Fsp3) is 0.435. The number of carbonyl (C=O) groups excluding carboxylic acids is 1. The molecule has 1 unspecified atom stereocenters. The van der Waals surface area contributed by atoms with Crippen molar-refractivity contribution in [3.8, 4) is 11.5 Å². The Morgan fingerprint density at radius 3 is 2.33 bits per heavy atom. The summed E-state index contributed by atoms with van der Waals surface area (Å²) in [4.78, 5) is 12.2. The van der Waals surface area contributed by atoms with Crippen LogP contribution in [0.3, 0.4) is 0 Å². The smallest absolute Gasteiger partial charge is 0.260 e. The van der Waals surface area contributed by atoms with Crippen LogP contribution < -0.4 is 14.8 Å². The van der Waals surface area contributed by atoms with Gasteiger partial charge in [-0.2, -0.15) is 0 Å². The van der Waals surface area contributed by atoms with Gasteiger partial charge in [-0.05, 0) is 55.5 Å². The number of rotatable bonds is 7. The molecular weight excluding hydrogens is 338 g/mol. The van der Waals surface area contributed by atoms with Crippen LogP contribution in [0.15, 0.2) is 42.5 Å². The number of ether oxygens (including phenoxy) is 2. The third kappa shape index (κ3) is 6.31. The highest BCUT2D eigenvalue weighted by atomic mass is 16.5. The Hall–Kier alpha value is -2.49. The van der Waals surface area contributed by atoms with Crippen molar-refractivity contribution in [3.05, 3.63) is 59.2 Å². The van der Waals surface area contributed by atoms with Crippen LogP contribution in [0.1, 0.15) is 44.4 Å². The predicted octanol–water partition coefficient (Wildman–Crippen LogP) is 4.56. The van der Waals surface area contributed by atoms with Crippen LogP contribution >= 0.6 is 0 Å². The van der Waals surface area contributed by atoms with Gasteiger partial charge in [0, 0.05) is 0 Å². The molecule has 0 radical (unpaired) electrons. The SMILES string of the molecule is Cc1ccc(OC(C)C(=O)NCCOc2ccc(C(C)(C)C)cc2)c(C)c1. The van der Waals surface area contributed by atoms with Gasteiger partial charge in [0.05, 0.1) is 6.54 Å². The van der Waals surface area contributed by atoms with Gasteiger partial charge in [0.2, 0.25) is 0 Å². The molecule has 4 nitrogen and oxygen atoms in total. The second-order valence-electron chi connectivity index (χ2n) is 7.94. The third-order valence-electron chi connectivity index (χ3n) is 4.39. The molecule has 0 aromatic heterocycles. The molecule has 0 spiro atoms. The molecule has 0 heterocycles. The first kappa shape index (κ1) is 20.8. The molecule has 2 aromatic rings. The van der Waals surface area contributed by atoms with Crippen molar-refractivity contribution in [1.29, 1.82) is 0 Å². The lowest BCUT2D eigenvalue weighted by Gasteiger charge is -2.19. The van der Waals surface area contributed by atoms with Crippen molar-refractivity contribution in [2.24, 2.45) is 0 Å². The molecule has 0 saturated carbocycles. The molecular formula is C23H31NO3. The number of benzene rings is 2. The monoisotopic (exact) mass is 369 g/mol. The predicted molar refractivity (Wildman–Crippen MR) is 110 cm³/mol. The van der Waals surface area contributed by atoms with Crippen molar-refractivity contribution >= 4 is 5.91 Å². The molecule has 0 aliphatic heterocycles. The van der Waals surface area contributed by atoms with Gasteiger partial charge in [-0.15, -0.1) is 0 Å². The van der Waals surface area contributed by atoms with Crippen molar-refractivity contribution in [2.45, 2.75) is 53.1 Å². The van der Waals surface area contributed by atoms with E-state index in [1.807, 2.05) is 44.2 Å². The first-order chi connectivity index (χ1) is 12.7. The fourth-order valence-electron chi connectivity index (χ4n) is 2.71. The first-order valence-electron chi connectivity index (χ1n) is 9.42. The molecule has 0 saturated heterocycles. The number of amides is 1. The molecule has 146 valence electrons. The fourth-order valence-corrected chi connectivity index (χ4v) is 2.71. The van der Waals surface area contributed by atoms with Crippen molar-refractivity contribution in [2.75, 3.05) is 13.2 Å². The Bertz CT molecular complexity index is 760. The second-order valence-corrected chi connectivity index (χ2v) is 7.94. The van der Waals surface area contributed by atoms with Crippen molar-refractivity contribution in [3.63, 3.8) is 0 Å². The maximum absolute atomic E-state index is 12.2. The molecule has 0 aliphatic rings. The average molecular weight is 370 g/mol. The molecule has 1 N–H and O–H groups in total. The van der Waals surface area contributed by atoms with E-state index < -0.39 is 6.10 Å². The minimum absolute atomic E-state index is 0.123. The average Bonchev–Trinajstić information content (AvgIpc) is 2.60. The highest BCUT2D eigenvalue weighted by molar-refractivity contribution is 5.80. The topological polar surface area (TPSA) is 47.6 Å². The van der Waals surface area contributed by atoms with Crippen LogP contribution in [0.25, 0.3) is 0 Å². The van der Waals surface area contributed by atoms with Gasteiger partial charge in [0.25, 0.3) is 5.91 Å². The summed E-state index contributed by atoms with van der Waals surface area (Å²) in [6, 6.07) is 14.0. The van der Waals surface area contributed by atoms with E-state index >= 15 is 0 Å². The Labute approximate surface area is 162 Å². The third-order valence-corrected chi connectivity index (χ3v) is 4.39. The van der Waals surface area contributed by atoms with Gasteiger partial charge in [0.1, 0.15) is 18.1 Å². The lowest BCUT2D eigenvalue weighted by Crippen LogP contribution is -2.38. The zero-order valence-electron chi connectivity index (χ0n) is 17.3. The van der Waals surface area contributed by atoms with Gasteiger partial charge in [-0.3, -0.25) is 4.79 Å². The lowest BCUT2D eigenvalue weighted by molar-refractivity contribution is -0.127. The minimum Gasteiger partial charge on any atom is -0.492 e. The summed E-state index contributed by atoms with van der Waals surface area (Å²) < 4.78 is 11.5. The van der Waals surface area contributed by atoms with E-state index in [9.17, 15) is 4.79 Å². The van der Waals surface area contributed by atoms with Crippen LogP contribution in [0.4, 0.5) is 0 Å². The summed E-state index contributed by atoms with van der Waals surface area (Å²) in [5, 5.41) is 2.85. The highest BCUT2D eigenvalue weighted by Crippen LogP contribution is 2.24. The second kappa shape index (κ2) is 8.94. The lowest BCUT2D eigenvalue weighted by atomic mass is 9.87. The zero-order valence-corrected chi connectivity index (χ0v) is 17.3. The number of carbonyl (C=O) groups is 1. The van der Waals surface area contributed by atoms with Gasteiger partial charge in [-0.25, -0.2) is 0 Å². The van der Waals surface area contributed by atoms with Gasteiger partial charge >= 0.3 is 0 Å². The van der Waals surface area contributed by atoms with E-state index in [0.717, 1.165) is 17.1 Å². The van der Waals surface area contributed by atoms with Gasteiger partial charge in [-0.1, -0.05) is 50.6 Å². The minimum atomic E-state index is -0.558. The van der Waals surface area contributed by atoms with E-state index in [-0.39, 0.29) is 11.3 Å². The summed E-state index contributed by atoms with van der Waals surface area (Å²) in [6.07, 6.45) is -0.558. The van der Waals surface area contributed by atoms with E-state index in [1.165, 1.54) is 11.1 Å². The molecule has 27 heavy (non-hydrogen) atoms. The number of hydrogen-bond donors (Lipinski definition) is 1. The van der Waals surface area contributed by atoms with E-state index in [4.69, 9.17) is 9.47 Å². The van der Waals surface area contributed by atoms with Crippen LogP contribution in [-0.4, -0.2) is 25.2 Å². The van der Waals surface area contributed by atoms with Crippen LogP contribution in [-0.2, 0) is 10.2 Å². The molecule has 1 atom stereocenters. The van der Waals surface area contributed by atoms with E-state index in [2.05, 4.69) is 38.2 Å². The van der Waals surface area contributed by atoms with Gasteiger partial charge in [0.15, 0.2) is 6.10 Å². The molecule has 2 aromatic carbocycles. The molecule has 1 amide bonds. The molecule has 0 fully saturated rings. The normalized spacial score (nSPS) is 12.4. The maximum atomic E-state index is 12.2. The summed E-state index contributed by atoms with van der Waals surface area (Å²) in [6.45, 7) is 13.1. The van der Waals surface area contributed by atoms with E-state index in [1.54, 1.807) is 6.92 Å². The molecule has 0 bridgehead atoms. The molecule has 2 rings (SSSR count). The maximum Gasteiger partial charge on any atom is 0.260 e. The standard InChI is InChI=1S/C23H31NO3/c1-16-7-12-21(17(2)15-16)27-18(3)22(25)24-13-14-26-20-10-8-19(9-11-20)23(4,5)6/h7-12,15,18H,13-14H2,1-6H3,(H,24,25). The molecule has 0 aliphatic carbocycles. The number of aryl methyl sites for hydroxylation is 2. The largest absolute Gasteiger partial charge is 0.492 e. The summed E-state index contributed by atoms with van der Waals surface area (Å²) in [7, 11) is 0. The van der Waals surface area contributed by atoms with Crippen LogP contribution in [0.2, 0.25) is 0 Å². The van der Waals surface area contributed by atoms with E-state index in [0.29, 0.717) is 13.2 Å². The quantitative estimate of drug-likeness (QED) is 0.728. The Morgan fingerprint density at radius 2 is 1.74 bits per heavy atom. The number of nitrogens with one attached hydrogen (secondary N) is 1. The summed E-state index contributed by atoms with van der Waals surface area (Å²) in [5.41, 5.74) is 3.58. The van der Waals surface area contributed by atoms with Crippen LogP contribution in [0, 0.1) is 13.8 Å². The van der Waals surface area contributed by atoms with Crippen molar-refractivity contribution < 1.29 is 14.3 Å². The zero-order chi connectivity index (χ0) is 20.0. The Kier molecular flexibility index (Phi) is 6.89. The Balaban J connectivity index is 1.75. The Morgan fingerprint density at radius 1 is 1.07 bits per heavy atom. The van der Waals surface area contributed by atoms with Gasteiger partial charge < -0.3 is 14.8 Å². The van der Waals surface area contributed by atoms with Crippen LogP contribution in [0.5, 0.6) is 11.5 Å².